The largest absolute Gasteiger partial charge is 0.493 e. The third kappa shape index (κ3) is 3.02. The van der Waals surface area contributed by atoms with E-state index >= 15 is 0 Å². The SMILES string of the molecule is CCOc1cc(C(=O)c2ccc3c(c2)OCCN3C)ccc1OC. The van der Waals surface area contributed by atoms with E-state index in [1.54, 1.807) is 31.4 Å². The van der Waals surface area contributed by atoms with Gasteiger partial charge < -0.3 is 19.1 Å². The highest BCUT2D eigenvalue weighted by Crippen LogP contribution is 2.33. The zero-order chi connectivity index (χ0) is 17.1. The minimum Gasteiger partial charge on any atom is -0.493 e. The maximum atomic E-state index is 12.8. The van der Waals surface area contributed by atoms with Gasteiger partial charge in [-0.25, -0.2) is 0 Å². The van der Waals surface area contributed by atoms with Crippen molar-refractivity contribution in [2.75, 3.05) is 38.8 Å². The van der Waals surface area contributed by atoms with Crippen molar-refractivity contribution in [3.05, 3.63) is 47.5 Å². The van der Waals surface area contributed by atoms with Crippen LogP contribution in [0.2, 0.25) is 0 Å². The Kier molecular flexibility index (Phi) is 4.60. The van der Waals surface area contributed by atoms with Crippen LogP contribution in [0.5, 0.6) is 17.2 Å². The Balaban J connectivity index is 1.93. The monoisotopic (exact) mass is 327 g/mol. The van der Waals surface area contributed by atoms with Gasteiger partial charge in [-0.15, -0.1) is 0 Å². The average molecular weight is 327 g/mol. The number of methoxy groups -OCH3 is 1. The molecule has 0 unspecified atom stereocenters. The fourth-order valence-electron chi connectivity index (χ4n) is 2.75. The Labute approximate surface area is 141 Å². The van der Waals surface area contributed by atoms with Gasteiger partial charge in [0.15, 0.2) is 17.3 Å². The highest BCUT2D eigenvalue weighted by molar-refractivity contribution is 6.09. The molecule has 1 aliphatic rings. The summed E-state index contributed by atoms with van der Waals surface area (Å²) in [6.45, 7) is 3.87. The lowest BCUT2D eigenvalue weighted by molar-refractivity contribution is 0.103. The predicted octanol–water partition coefficient (Wildman–Crippen LogP) is 3.15. The lowest BCUT2D eigenvalue weighted by Gasteiger charge is -2.27. The van der Waals surface area contributed by atoms with E-state index in [0.717, 1.165) is 18.0 Å². The molecule has 1 aliphatic heterocycles. The van der Waals surface area contributed by atoms with Crippen molar-refractivity contribution >= 4 is 11.5 Å². The molecule has 0 spiro atoms. The van der Waals surface area contributed by atoms with E-state index in [2.05, 4.69) is 4.90 Å². The number of benzene rings is 2. The Bertz CT molecular complexity index is 757. The van der Waals surface area contributed by atoms with Gasteiger partial charge in [-0.05, 0) is 43.3 Å². The Morgan fingerprint density at radius 2 is 1.92 bits per heavy atom. The molecule has 0 bridgehead atoms. The molecule has 5 heteroatoms. The second-order valence-corrected chi connectivity index (χ2v) is 5.58. The molecule has 3 rings (SSSR count). The van der Waals surface area contributed by atoms with Crippen LogP contribution in [0.1, 0.15) is 22.8 Å². The topological polar surface area (TPSA) is 48.0 Å². The number of fused-ring (bicyclic) bond motifs is 1. The van der Waals surface area contributed by atoms with Gasteiger partial charge >= 0.3 is 0 Å². The molecule has 5 nitrogen and oxygen atoms in total. The Morgan fingerprint density at radius 1 is 1.17 bits per heavy atom. The average Bonchev–Trinajstić information content (AvgIpc) is 2.61. The molecule has 0 saturated heterocycles. The maximum Gasteiger partial charge on any atom is 0.193 e. The molecule has 2 aromatic rings. The van der Waals surface area contributed by atoms with Crippen LogP contribution < -0.4 is 19.1 Å². The molecule has 1 heterocycles. The number of carbonyl (C=O) groups excluding carboxylic acids is 1. The van der Waals surface area contributed by atoms with Gasteiger partial charge in [0.1, 0.15) is 12.4 Å². The first kappa shape index (κ1) is 16.2. The van der Waals surface area contributed by atoms with Crippen LogP contribution in [-0.4, -0.2) is 39.7 Å². The number of rotatable bonds is 5. The molecule has 0 atom stereocenters. The van der Waals surface area contributed by atoms with E-state index in [9.17, 15) is 4.79 Å². The number of nitrogens with zero attached hydrogens (tertiary/aromatic N) is 1. The lowest BCUT2D eigenvalue weighted by atomic mass is 10.0. The molecular weight excluding hydrogens is 306 g/mol. The van der Waals surface area contributed by atoms with Gasteiger partial charge in [0.2, 0.25) is 0 Å². The summed E-state index contributed by atoms with van der Waals surface area (Å²) in [5.74, 6) is 1.86. The number of ether oxygens (including phenoxy) is 3. The molecule has 2 aromatic carbocycles. The number of carbonyl (C=O) groups is 1. The third-order valence-electron chi connectivity index (χ3n) is 4.04. The van der Waals surface area contributed by atoms with Crippen molar-refractivity contribution in [2.45, 2.75) is 6.92 Å². The molecule has 126 valence electrons. The molecule has 0 saturated carbocycles. The number of likely N-dealkylation sites (N-methyl/N-ethyl adjacent to an activating group) is 1. The van der Waals surface area contributed by atoms with Gasteiger partial charge in [-0.1, -0.05) is 0 Å². The van der Waals surface area contributed by atoms with Gasteiger partial charge in [0.05, 0.1) is 25.9 Å². The van der Waals surface area contributed by atoms with Crippen LogP contribution in [0.4, 0.5) is 5.69 Å². The van der Waals surface area contributed by atoms with E-state index in [4.69, 9.17) is 14.2 Å². The van der Waals surface area contributed by atoms with Gasteiger partial charge in [0.25, 0.3) is 0 Å². The van der Waals surface area contributed by atoms with Crippen molar-refractivity contribution in [2.24, 2.45) is 0 Å². The fraction of sp³-hybridized carbons (Fsp3) is 0.316. The highest BCUT2D eigenvalue weighted by atomic mass is 16.5. The highest BCUT2D eigenvalue weighted by Gasteiger charge is 2.19. The van der Waals surface area contributed by atoms with Gasteiger partial charge in [0, 0.05) is 18.2 Å². The summed E-state index contributed by atoms with van der Waals surface area (Å²) in [5.41, 5.74) is 2.16. The minimum atomic E-state index is -0.0711. The smallest absolute Gasteiger partial charge is 0.193 e. The summed E-state index contributed by atoms with van der Waals surface area (Å²) in [5, 5.41) is 0. The summed E-state index contributed by atoms with van der Waals surface area (Å²) in [6, 6.07) is 10.8. The zero-order valence-corrected chi connectivity index (χ0v) is 14.2. The van der Waals surface area contributed by atoms with Crippen molar-refractivity contribution in [3.63, 3.8) is 0 Å². The van der Waals surface area contributed by atoms with Crippen LogP contribution in [-0.2, 0) is 0 Å². The summed E-state index contributed by atoms with van der Waals surface area (Å²) in [4.78, 5) is 14.9. The molecule has 0 fully saturated rings. The molecule has 0 amide bonds. The van der Waals surface area contributed by atoms with Crippen molar-refractivity contribution in [1.29, 1.82) is 0 Å². The molecule has 0 radical (unpaired) electrons. The number of hydrogen-bond acceptors (Lipinski definition) is 5. The van der Waals surface area contributed by atoms with Crippen molar-refractivity contribution in [1.82, 2.24) is 0 Å². The Morgan fingerprint density at radius 3 is 2.67 bits per heavy atom. The van der Waals surface area contributed by atoms with Crippen LogP contribution in [0.3, 0.4) is 0 Å². The molecular formula is C19H21NO4. The zero-order valence-electron chi connectivity index (χ0n) is 14.2. The van der Waals surface area contributed by atoms with E-state index in [1.165, 1.54) is 0 Å². The normalized spacial score (nSPS) is 13.0. The first-order valence-electron chi connectivity index (χ1n) is 7.97. The van der Waals surface area contributed by atoms with Crippen molar-refractivity contribution < 1.29 is 19.0 Å². The summed E-state index contributed by atoms with van der Waals surface area (Å²) in [6.07, 6.45) is 0. The predicted molar refractivity (Wildman–Crippen MR) is 92.8 cm³/mol. The van der Waals surface area contributed by atoms with Gasteiger partial charge in [-0.2, -0.15) is 0 Å². The third-order valence-corrected chi connectivity index (χ3v) is 4.04. The summed E-state index contributed by atoms with van der Waals surface area (Å²) in [7, 11) is 3.59. The molecule has 24 heavy (non-hydrogen) atoms. The maximum absolute atomic E-state index is 12.8. The Hall–Kier alpha value is -2.69. The van der Waals surface area contributed by atoms with Gasteiger partial charge in [-0.3, -0.25) is 4.79 Å². The van der Waals surface area contributed by atoms with E-state index in [0.29, 0.717) is 35.8 Å². The van der Waals surface area contributed by atoms with Crippen LogP contribution in [0, 0.1) is 0 Å². The molecule has 0 N–H and O–H groups in total. The minimum absolute atomic E-state index is 0.0711. The number of anilines is 1. The van der Waals surface area contributed by atoms with E-state index in [1.807, 2.05) is 26.1 Å². The van der Waals surface area contributed by atoms with E-state index < -0.39 is 0 Å². The quantitative estimate of drug-likeness (QED) is 0.790. The lowest BCUT2D eigenvalue weighted by Crippen LogP contribution is -2.28. The molecule has 0 aromatic heterocycles. The summed E-state index contributed by atoms with van der Waals surface area (Å²) < 4.78 is 16.5. The first-order chi connectivity index (χ1) is 11.6. The van der Waals surface area contributed by atoms with Crippen LogP contribution >= 0.6 is 0 Å². The van der Waals surface area contributed by atoms with E-state index in [-0.39, 0.29) is 5.78 Å². The fourth-order valence-corrected chi connectivity index (χ4v) is 2.75. The number of hydrogen-bond donors (Lipinski definition) is 0. The first-order valence-corrected chi connectivity index (χ1v) is 7.97. The second kappa shape index (κ2) is 6.83. The summed E-state index contributed by atoms with van der Waals surface area (Å²) >= 11 is 0. The van der Waals surface area contributed by atoms with Crippen LogP contribution in [0.25, 0.3) is 0 Å². The molecule has 0 aliphatic carbocycles. The van der Waals surface area contributed by atoms with Crippen molar-refractivity contribution in [3.8, 4) is 17.2 Å². The second-order valence-electron chi connectivity index (χ2n) is 5.58. The number of ketones is 1. The van der Waals surface area contributed by atoms with Crippen LogP contribution in [0.15, 0.2) is 36.4 Å². The standard InChI is InChI=1S/C19H21NO4/c1-4-23-18-12-14(6-8-16(18)22-3)19(21)13-5-7-15-17(11-13)24-10-9-20(15)2/h5-8,11-12H,4,9-10H2,1-3H3.